The molecule has 150 valence electrons. The average Bonchev–Trinajstić information content (AvgIpc) is 2.63. The van der Waals surface area contributed by atoms with Gasteiger partial charge in [0, 0.05) is 0 Å². The van der Waals surface area contributed by atoms with Crippen molar-refractivity contribution in [2.24, 2.45) is 5.92 Å². The summed E-state index contributed by atoms with van der Waals surface area (Å²) in [6, 6.07) is 6.90. The Morgan fingerprint density at radius 3 is 2.22 bits per heavy atom. The van der Waals surface area contributed by atoms with E-state index >= 15 is 0 Å². The van der Waals surface area contributed by atoms with Gasteiger partial charge in [0.15, 0.2) is 0 Å². The van der Waals surface area contributed by atoms with E-state index in [1.54, 1.807) is 12.1 Å². The van der Waals surface area contributed by atoms with Gasteiger partial charge in [0.2, 0.25) is 5.91 Å². The monoisotopic (exact) mass is 380 g/mol. The number of rotatable bonds is 9. The zero-order valence-corrected chi connectivity index (χ0v) is 16.1. The quantitative estimate of drug-likeness (QED) is 0.558. The van der Waals surface area contributed by atoms with Crippen LogP contribution in [0.4, 0.5) is 4.79 Å². The van der Waals surface area contributed by atoms with E-state index in [0.29, 0.717) is 6.42 Å². The summed E-state index contributed by atoms with van der Waals surface area (Å²) in [5.74, 6) is -1.16. The van der Waals surface area contributed by atoms with Crippen molar-refractivity contribution in [1.82, 2.24) is 10.6 Å². The number of benzene rings is 1. The number of hydrogen-bond donors (Lipinski definition) is 3. The van der Waals surface area contributed by atoms with Crippen LogP contribution >= 0.6 is 0 Å². The van der Waals surface area contributed by atoms with Gasteiger partial charge < -0.3 is 25.2 Å². The lowest BCUT2D eigenvalue weighted by Crippen LogP contribution is -2.56. The molecule has 1 rings (SSSR count). The summed E-state index contributed by atoms with van der Waals surface area (Å²) in [6.45, 7) is 5.18. The normalized spacial score (nSPS) is 14.0. The van der Waals surface area contributed by atoms with Crippen molar-refractivity contribution in [3.63, 3.8) is 0 Å². The van der Waals surface area contributed by atoms with Crippen molar-refractivity contribution in [3.8, 4) is 0 Å². The second-order valence-electron chi connectivity index (χ2n) is 6.64. The van der Waals surface area contributed by atoms with Gasteiger partial charge in [-0.25, -0.2) is 9.59 Å². The predicted molar refractivity (Wildman–Crippen MR) is 98.6 cm³/mol. The molecule has 1 aromatic carbocycles. The van der Waals surface area contributed by atoms with Gasteiger partial charge in [-0.05, 0) is 24.8 Å². The van der Waals surface area contributed by atoms with Gasteiger partial charge in [0.1, 0.15) is 18.7 Å². The van der Waals surface area contributed by atoms with Crippen molar-refractivity contribution < 1.29 is 29.0 Å². The lowest BCUT2D eigenvalue weighted by molar-refractivity contribution is -0.146. The van der Waals surface area contributed by atoms with Gasteiger partial charge in [0.25, 0.3) is 0 Å². The fourth-order valence-electron chi connectivity index (χ4n) is 2.39. The number of aliphatic hydroxyl groups is 1. The highest BCUT2D eigenvalue weighted by Crippen LogP contribution is 2.08. The third kappa shape index (κ3) is 8.08. The molecule has 0 fully saturated rings. The molecule has 0 aliphatic carbocycles. The van der Waals surface area contributed by atoms with Crippen molar-refractivity contribution >= 4 is 18.0 Å². The van der Waals surface area contributed by atoms with E-state index in [1.165, 1.54) is 14.0 Å². The first-order chi connectivity index (χ1) is 12.7. The Morgan fingerprint density at radius 1 is 1.07 bits per heavy atom. The van der Waals surface area contributed by atoms with Gasteiger partial charge in [-0.15, -0.1) is 0 Å². The van der Waals surface area contributed by atoms with Gasteiger partial charge in [-0.3, -0.25) is 4.79 Å². The maximum atomic E-state index is 12.5. The van der Waals surface area contributed by atoms with Crippen molar-refractivity contribution in [2.45, 2.75) is 52.0 Å². The van der Waals surface area contributed by atoms with Crippen LogP contribution < -0.4 is 10.6 Å². The van der Waals surface area contributed by atoms with E-state index < -0.39 is 36.2 Å². The summed E-state index contributed by atoms with van der Waals surface area (Å²) in [4.78, 5) is 36.3. The minimum absolute atomic E-state index is 0.0267. The number of aliphatic hydroxyl groups excluding tert-OH is 1. The topological polar surface area (TPSA) is 114 Å². The molecule has 0 saturated heterocycles. The second kappa shape index (κ2) is 11.2. The molecule has 0 aliphatic rings. The Bertz CT molecular complexity index is 618. The average molecular weight is 380 g/mol. The molecular formula is C19H28N2O6. The fraction of sp³-hybridized carbons (Fsp3) is 0.526. The molecule has 0 heterocycles. The number of alkyl carbamates (subject to hydrolysis) is 1. The third-order valence-corrected chi connectivity index (χ3v) is 3.76. The number of nitrogens with one attached hydrogen (secondary N) is 2. The Labute approximate surface area is 159 Å². The van der Waals surface area contributed by atoms with Crippen LogP contribution in [0.5, 0.6) is 0 Å². The molecule has 1 aromatic rings. The molecule has 3 atom stereocenters. The molecule has 2 amide bonds. The Morgan fingerprint density at radius 2 is 1.70 bits per heavy atom. The second-order valence-corrected chi connectivity index (χ2v) is 6.64. The van der Waals surface area contributed by atoms with E-state index in [-0.39, 0.29) is 12.5 Å². The first-order valence-corrected chi connectivity index (χ1v) is 8.78. The first-order valence-electron chi connectivity index (χ1n) is 8.78. The highest BCUT2D eigenvalue weighted by molar-refractivity contribution is 5.90. The zero-order valence-electron chi connectivity index (χ0n) is 16.1. The van der Waals surface area contributed by atoms with Crippen LogP contribution in [0.1, 0.15) is 32.8 Å². The molecule has 0 radical (unpaired) electrons. The number of ether oxygens (including phenoxy) is 2. The summed E-state index contributed by atoms with van der Waals surface area (Å²) in [5.41, 5.74) is 0.786. The number of amides is 2. The van der Waals surface area contributed by atoms with Crippen LogP contribution in [0, 0.1) is 5.92 Å². The number of carbonyl (C=O) groups excluding carboxylic acids is 3. The van der Waals surface area contributed by atoms with E-state index in [4.69, 9.17) is 9.47 Å². The fourth-order valence-corrected chi connectivity index (χ4v) is 2.39. The van der Waals surface area contributed by atoms with E-state index in [0.717, 1.165) is 5.56 Å². The molecule has 0 aromatic heterocycles. The summed E-state index contributed by atoms with van der Waals surface area (Å²) >= 11 is 0. The van der Waals surface area contributed by atoms with Crippen LogP contribution in [-0.4, -0.2) is 48.4 Å². The SMILES string of the molecule is COC(=O)[C@@H](CC(C)C)NC(=O)[C@@H](NC(=O)OCc1ccccc1)[C@@H](C)O. The number of hydrogen-bond acceptors (Lipinski definition) is 6. The molecule has 27 heavy (non-hydrogen) atoms. The van der Waals surface area contributed by atoms with Crippen LogP contribution in [0.15, 0.2) is 30.3 Å². The van der Waals surface area contributed by atoms with Crippen molar-refractivity contribution in [1.29, 1.82) is 0 Å². The summed E-state index contributed by atoms with van der Waals surface area (Å²) in [5, 5.41) is 14.7. The van der Waals surface area contributed by atoms with Gasteiger partial charge in [-0.2, -0.15) is 0 Å². The summed E-state index contributed by atoms with van der Waals surface area (Å²) in [6.07, 6.45) is -1.67. The van der Waals surface area contributed by atoms with Crippen LogP contribution in [0.2, 0.25) is 0 Å². The molecule has 0 unspecified atom stereocenters. The lowest BCUT2D eigenvalue weighted by atomic mass is 10.0. The van der Waals surface area contributed by atoms with Crippen LogP contribution in [-0.2, 0) is 25.7 Å². The highest BCUT2D eigenvalue weighted by atomic mass is 16.5. The third-order valence-electron chi connectivity index (χ3n) is 3.76. The van der Waals surface area contributed by atoms with E-state index in [2.05, 4.69) is 10.6 Å². The Kier molecular flexibility index (Phi) is 9.29. The first kappa shape index (κ1) is 22.4. The smallest absolute Gasteiger partial charge is 0.408 e. The van der Waals surface area contributed by atoms with Gasteiger partial charge >= 0.3 is 12.1 Å². The number of methoxy groups -OCH3 is 1. The maximum absolute atomic E-state index is 12.5. The number of carbonyl (C=O) groups is 3. The predicted octanol–water partition coefficient (Wildman–Crippen LogP) is 1.37. The minimum Gasteiger partial charge on any atom is -0.467 e. The molecule has 0 spiro atoms. The van der Waals surface area contributed by atoms with Crippen LogP contribution in [0.25, 0.3) is 0 Å². The minimum atomic E-state index is -1.27. The largest absolute Gasteiger partial charge is 0.467 e. The highest BCUT2D eigenvalue weighted by Gasteiger charge is 2.30. The molecule has 0 aliphatic heterocycles. The molecule has 0 bridgehead atoms. The Hall–Kier alpha value is -2.61. The molecule has 8 heteroatoms. The zero-order chi connectivity index (χ0) is 20.4. The molecular weight excluding hydrogens is 352 g/mol. The van der Waals surface area contributed by atoms with E-state index in [9.17, 15) is 19.5 Å². The van der Waals surface area contributed by atoms with Gasteiger partial charge in [0.05, 0.1) is 13.2 Å². The molecule has 3 N–H and O–H groups in total. The molecule has 0 saturated carbocycles. The molecule has 8 nitrogen and oxygen atoms in total. The van der Waals surface area contributed by atoms with Gasteiger partial charge in [-0.1, -0.05) is 44.2 Å². The van der Waals surface area contributed by atoms with E-state index in [1.807, 2.05) is 32.0 Å². The maximum Gasteiger partial charge on any atom is 0.408 e. The number of esters is 1. The summed E-state index contributed by atoms with van der Waals surface area (Å²) in [7, 11) is 1.23. The van der Waals surface area contributed by atoms with Crippen molar-refractivity contribution in [2.75, 3.05) is 7.11 Å². The van der Waals surface area contributed by atoms with Crippen molar-refractivity contribution in [3.05, 3.63) is 35.9 Å². The van der Waals surface area contributed by atoms with Crippen LogP contribution in [0.3, 0.4) is 0 Å². The standard InChI is InChI=1S/C19H28N2O6/c1-12(2)10-15(18(24)26-4)20-17(23)16(13(3)22)21-19(25)27-11-14-8-6-5-7-9-14/h5-9,12-13,15-16,22H,10-11H2,1-4H3,(H,20,23)(H,21,25)/t13-,15-,16+/m1/s1. The Balaban J connectivity index is 2.68. The summed E-state index contributed by atoms with van der Waals surface area (Å²) < 4.78 is 9.76. The lowest BCUT2D eigenvalue weighted by Gasteiger charge is -2.24.